The van der Waals surface area contributed by atoms with Gasteiger partial charge in [-0.3, -0.25) is 9.69 Å². The van der Waals surface area contributed by atoms with E-state index in [1.807, 2.05) is 21.3 Å². The number of methoxy groups -OCH3 is 3. The molecule has 0 aromatic rings. The lowest BCUT2D eigenvalue weighted by Crippen LogP contribution is -2.81. The first-order valence-corrected chi connectivity index (χ1v) is 13.6. The summed E-state index contributed by atoms with van der Waals surface area (Å²) in [6, 6.07) is 0.0586. The summed E-state index contributed by atoms with van der Waals surface area (Å²) in [5.41, 5.74) is -1.61. The molecule has 2 saturated heterocycles. The van der Waals surface area contributed by atoms with Crippen LogP contribution in [0.2, 0.25) is 0 Å². The topological polar surface area (TPSA) is 75.7 Å². The molecule has 7 aliphatic rings. The number of fused-ring (bicyclic) bond motifs is 1. The van der Waals surface area contributed by atoms with Crippen molar-refractivity contribution in [3.63, 3.8) is 0 Å². The van der Waals surface area contributed by atoms with Crippen LogP contribution in [0, 0.1) is 34.5 Å². The average Bonchev–Trinajstić information content (AvgIpc) is 3.41. The number of likely N-dealkylation sites (tertiary alicyclic amines) is 1. The van der Waals surface area contributed by atoms with Crippen LogP contribution in [-0.4, -0.2) is 93.7 Å². The molecule has 8 heteroatoms. The molecule has 13 unspecified atom stereocenters. The minimum atomic E-state index is -0.776. The normalized spacial score (nSPS) is 59.4. The highest BCUT2D eigenvalue weighted by atomic mass is 16.7. The Hall–Kier alpha value is -0.770. The Morgan fingerprint density at radius 3 is 2.60 bits per heavy atom. The third-order valence-corrected chi connectivity index (χ3v) is 12.1. The summed E-state index contributed by atoms with van der Waals surface area (Å²) >= 11 is 0. The summed E-state index contributed by atoms with van der Waals surface area (Å²) in [4.78, 5) is 15.4. The molecular formula is C27H41NO7. The van der Waals surface area contributed by atoms with E-state index < -0.39 is 11.2 Å². The monoisotopic (exact) mass is 491 g/mol. The molecule has 8 nitrogen and oxygen atoms in total. The fourth-order valence-corrected chi connectivity index (χ4v) is 11.7. The number of rotatable bonds is 5. The van der Waals surface area contributed by atoms with Crippen LogP contribution >= 0.6 is 0 Å². The zero-order valence-electron chi connectivity index (χ0n) is 22.0. The van der Waals surface area contributed by atoms with Gasteiger partial charge in [0.15, 0.2) is 5.60 Å². The van der Waals surface area contributed by atoms with Gasteiger partial charge in [0.25, 0.3) is 0 Å². The summed E-state index contributed by atoms with van der Waals surface area (Å²) in [5, 5.41) is 0. The third-order valence-electron chi connectivity index (χ3n) is 12.1. The van der Waals surface area contributed by atoms with Crippen LogP contribution in [0.1, 0.15) is 46.5 Å². The predicted molar refractivity (Wildman–Crippen MR) is 124 cm³/mol. The van der Waals surface area contributed by atoms with Crippen LogP contribution in [-0.2, 0) is 33.2 Å². The average molecular weight is 492 g/mol. The maximum Gasteiger partial charge on any atom is 0.303 e. The lowest BCUT2D eigenvalue weighted by molar-refractivity contribution is -0.282. The van der Waals surface area contributed by atoms with Crippen molar-refractivity contribution in [1.82, 2.24) is 4.90 Å². The SMILES string of the molecule is CCN1CC2(C)CCC(OC)C34C5CC6C(OC)CC7(OCOC7(C(OC(C)=O)C23)C14)C5C6OC. The van der Waals surface area contributed by atoms with Crippen molar-refractivity contribution in [3.8, 4) is 0 Å². The van der Waals surface area contributed by atoms with Crippen molar-refractivity contribution in [2.45, 2.75) is 88.1 Å². The molecule has 7 fully saturated rings. The molecule has 196 valence electrons. The standard InChI is InChI=1S/C27H41NO7/c1-7-28-12-24(3)9-8-18(31-5)26-16-10-15-17(30-4)11-25(19(16)20(15)32-6)27(23(26)28,34-13-33-25)22(21(24)26)35-14(2)29/h15-23H,7-13H2,1-6H3. The first-order valence-electron chi connectivity index (χ1n) is 13.6. The van der Waals surface area contributed by atoms with Crippen molar-refractivity contribution in [3.05, 3.63) is 0 Å². The Labute approximate surface area is 208 Å². The van der Waals surface area contributed by atoms with Gasteiger partial charge in [0.2, 0.25) is 0 Å². The molecule has 35 heavy (non-hydrogen) atoms. The summed E-state index contributed by atoms with van der Waals surface area (Å²) in [7, 11) is 5.52. The number of piperidine rings is 1. The lowest BCUT2D eigenvalue weighted by Gasteiger charge is -2.69. The van der Waals surface area contributed by atoms with Gasteiger partial charge in [0.05, 0.1) is 24.4 Å². The number of carbonyl (C=O) groups is 1. The van der Waals surface area contributed by atoms with Gasteiger partial charge in [0, 0.05) is 64.4 Å². The molecule has 7 bridgehead atoms. The van der Waals surface area contributed by atoms with Crippen LogP contribution in [0.4, 0.5) is 0 Å². The van der Waals surface area contributed by atoms with Crippen molar-refractivity contribution < 1.29 is 33.2 Å². The second-order valence-corrected chi connectivity index (χ2v) is 12.7. The van der Waals surface area contributed by atoms with Crippen LogP contribution in [0.3, 0.4) is 0 Å². The highest BCUT2D eigenvalue weighted by molar-refractivity contribution is 5.67. The molecule has 0 N–H and O–H groups in total. The van der Waals surface area contributed by atoms with Crippen LogP contribution in [0.5, 0.6) is 0 Å². The molecule has 0 radical (unpaired) electrons. The zero-order chi connectivity index (χ0) is 24.5. The fourth-order valence-electron chi connectivity index (χ4n) is 11.7. The highest BCUT2D eigenvalue weighted by Crippen LogP contribution is 2.82. The molecule has 2 aliphatic heterocycles. The Kier molecular flexibility index (Phi) is 4.81. The zero-order valence-corrected chi connectivity index (χ0v) is 22.0. The smallest absolute Gasteiger partial charge is 0.303 e. The molecular weight excluding hydrogens is 450 g/mol. The first-order chi connectivity index (χ1) is 16.8. The Morgan fingerprint density at radius 2 is 1.94 bits per heavy atom. The fraction of sp³-hybridized carbons (Fsp3) is 0.963. The molecule has 2 heterocycles. The van der Waals surface area contributed by atoms with Gasteiger partial charge in [0.1, 0.15) is 18.5 Å². The molecule has 0 amide bonds. The maximum absolute atomic E-state index is 12.8. The molecule has 0 aromatic heterocycles. The van der Waals surface area contributed by atoms with Gasteiger partial charge in [-0.15, -0.1) is 0 Å². The number of hydrogen-bond donors (Lipinski definition) is 0. The quantitative estimate of drug-likeness (QED) is 0.542. The van der Waals surface area contributed by atoms with Gasteiger partial charge in [-0.1, -0.05) is 13.8 Å². The van der Waals surface area contributed by atoms with E-state index in [9.17, 15) is 4.79 Å². The van der Waals surface area contributed by atoms with Crippen LogP contribution in [0.25, 0.3) is 0 Å². The third kappa shape index (κ3) is 2.24. The van der Waals surface area contributed by atoms with E-state index in [1.54, 1.807) is 6.92 Å². The van der Waals surface area contributed by atoms with Crippen molar-refractivity contribution in [2.24, 2.45) is 34.5 Å². The van der Waals surface area contributed by atoms with E-state index in [-0.39, 0.29) is 65.9 Å². The first kappa shape index (κ1) is 23.4. The number of esters is 1. The van der Waals surface area contributed by atoms with Gasteiger partial charge >= 0.3 is 5.97 Å². The highest BCUT2D eigenvalue weighted by Gasteiger charge is 2.94. The molecule has 0 aromatic carbocycles. The van der Waals surface area contributed by atoms with Gasteiger partial charge < -0.3 is 28.4 Å². The van der Waals surface area contributed by atoms with E-state index in [4.69, 9.17) is 28.4 Å². The molecule has 5 aliphatic carbocycles. The second-order valence-electron chi connectivity index (χ2n) is 12.7. The van der Waals surface area contributed by atoms with Gasteiger partial charge in [-0.25, -0.2) is 0 Å². The molecule has 13 atom stereocenters. The Bertz CT molecular complexity index is 931. The number of hydrogen-bond acceptors (Lipinski definition) is 8. The minimum Gasteiger partial charge on any atom is -0.459 e. The number of likely N-dealkylation sites (N-methyl/N-ethyl adjacent to an activating group) is 1. The summed E-state index contributed by atoms with van der Waals surface area (Å²) in [6.45, 7) is 8.34. The number of ether oxygens (including phenoxy) is 6. The molecule has 7 rings (SSSR count). The predicted octanol–water partition coefficient (Wildman–Crippen LogP) is 2.24. The minimum absolute atomic E-state index is 0.00174. The van der Waals surface area contributed by atoms with Crippen molar-refractivity contribution in [1.29, 1.82) is 0 Å². The van der Waals surface area contributed by atoms with E-state index in [1.165, 1.54) is 0 Å². The van der Waals surface area contributed by atoms with E-state index in [0.29, 0.717) is 11.8 Å². The lowest BCUT2D eigenvalue weighted by atomic mass is 9.43. The summed E-state index contributed by atoms with van der Waals surface area (Å²) < 4.78 is 39.2. The van der Waals surface area contributed by atoms with Crippen LogP contribution < -0.4 is 0 Å². The van der Waals surface area contributed by atoms with Crippen molar-refractivity contribution >= 4 is 5.97 Å². The largest absolute Gasteiger partial charge is 0.459 e. The Morgan fingerprint density at radius 1 is 1.14 bits per heavy atom. The van der Waals surface area contributed by atoms with Gasteiger partial charge in [-0.05, 0) is 37.1 Å². The van der Waals surface area contributed by atoms with Crippen LogP contribution in [0.15, 0.2) is 0 Å². The molecule has 5 saturated carbocycles. The molecule has 3 spiro atoms. The summed E-state index contributed by atoms with van der Waals surface area (Å²) in [6.07, 6.45) is 3.57. The summed E-state index contributed by atoms with van der Waals surface area (Å²) in [5.74, 6) is 0.698. The van der Waals surface area contributed by atoms with E-state index in [2.05, 4.69) is 18.7 Å². The Balaban J connectivity index is 1.57. The number of carbonyl (C=O) groups excluding carboxylic acids is 1. The van der Waals surface area contributed by atoms with E-state index >= 15 is 0 Å². The second kappa shape index (κ2) is 7.20. The maximum atomic E-state index is 12.8. The van der Waals surface area contributed by atoms with E-state index in [0.717, 1.165) is 38.8 Å². The number of nitrogens with zero attached hydrogens (tertiary/aromatic N) is 1. The van der Waals surface area contributed by atoms with Crippen molar-refractivity contribution in [2.75, 3.05) is 41.2 Å². The van der Waals surface area contributed by atoms with Gasteiger partial charge in [-0.2, -0.15) is 0 Å².